The summed E-state index contributed by atoms with van der Waals surface area (Å²) in [6, 6.07) is 4.25. The maximum Gasteiger partial charge on any atom is 0.490 e. The maximum absolute atomic E-state index is 10.6. The number of alkyl halides is 18. The van der Waals surface area contributed by atoms with E-state index in [1.807, 2.05) is 13.1 Å². The predicted octanol–water partition coefficient (Wildman–Crippen LogP) is 5.36. The van der Waals surface area contributed by atoms with Crippen molar-refractivity contribution in [2.75, 3.05) is 24.5 Å². The lowest BCUT2D eigenvalue weighted by molar-refractivity contribution is -0.193. The molecule has 1 fully saturated rings. The number of hydrogen-bond acceptors (Lipinski definition) is 9. The second-order valence-electron chi connectivity index (χ2n) is 9.14. The van der Waals surface area contributed by atoms with Crippen LogP contribution in [0.1, 0.15) is 18.5 Å². The molecule has 0 saturated carbocycles. The molecule has 0 amide bonds. The topological polar surface area (TPSA) is 266 Å². The van der Waals surface area contributed by atoms with Crippen molar-refractivity contribution >= 4 is 41.5 Å². The SMILES string of the molecule is Cc1cc(N2CCC(CN)CC2)ccn1.O=C(O)C(F)(F)F.O=C(O)C(F)(F)F.O=C(O)C(F)(F)F.O=C(O)C(F)(F)F.O=C(O)C(F)(F)F.O=C(O)C(F)(F)F. The van der Waals surface area contributed by atoms with Crippen LogP contribution >= 0.6 is 0 Å². The number of nitrogens with two attached hydrogens (primary N) is 1. The fraction of sp³-hybridized carbons (Fsp3) is 0.542. The van der Waals surface area contributed by atoms with Gasteiger partial charge in [0.2, 0.25) is 0 Å². The monoisotopic (exact) mass is 889 g/mol. The Morgan fingerprint density at radius 3 is 0.930 bits per heavy atom. The number of carbonyl (C=O) groups is 6. The van der Waals surface area contributed by atoms with Crippen molar-refractivity contribution in [3.05, 3.63) is 24.0 Å². The van der Waals surface area contributed by atoms with Crippen molar-refractivity contribution in [3.8, 4) is 0 Å². The van der Waals surface area contributed by atoms with Crippen LogP contribution in [0.25, 0.3) is 0 Å². The summed E-state index contributed by atoms with van der Waals surface area (Å²) in [6.07, 6.45) is -26.2. The highest BCUT2D eigenvalue weighted by atomic mass is 19.4. The average molecular weight is 889 g/mol. The number of aromatic nitrogens is 1. The Labute approximate surface area is 302 Å². The van der Waals surface area contributed by atoms with Crippen LogP contribution in [0.4, 0.5) is 84.7 Å². The van der Waals surface area contributed by atoms with E-state index in [-0.39, 0.29) is 0 Å². The third kappa shape index (κ3) is 37.2. The van der Waals surface area contributed by atoms with Gasteiger partial charge in [-0.1, -0.05) is 0 Å². The lowest BCUT2D eigenvalue weighted by Gasteiger charge is -2.33. The molecule has 1 aromatic heterocycles. The van der Waals surface area contributed by atoms with E-state index in [0.717, 1.165) is 31.2 Å². The molecule has 15 nitrogen and oxygen atoms in total. The van der Waals surface area contributed by atoms with Crippen LogP contribution in [-0.4, -0.2) is 128 Å². The van der Waals surface area contributed by atoms with Crippen molar-refractivity contribution < 1.29 is 138 Å². The Kier molecular flexibility index (Phi) is 27.3. The summed E-state index contributed by atoms with van der Waals surface area (Å²) < 4.78 is 190. The van der Waals surface area contributed by atoms with Gasteiger partial charge in [-0.15, -0.1) is 0 Å². The number of aliphatic carboxylic acids is 6. The van der Waals surface area contributed by atoms with E-state index in [9.17, 15) is 79.0 Å². The lowest BCUT2D eigenvalue weighted by Crippen LogP contribution is -2.36. The van der Waals surface area contributed by atoms with Crippen molar-refractivity contribution in [3.63, 3.8) is 0 Å². The Morgan fingerprint density at radius 1 is 0.561 bits per heavy atom. The highest BCUT2D eigenvalue weighted by Crippen LogP contribution is 2.23. The molecule has 8 N–H and O–H groups in total. The molecular weight excluding hydrogens is 864 g/mol. The van der Waals surface area contributed by atoms with Crippen molar-refractivity contribution in [2.45, 2.75) is 56.8 Å². The van der Waals surface area contributed by atoms with Crippen molar-refractivity contribution in [1.82, 2.24) is 4.98 Å². The number of hydrogen-bond donors (Lipinski definition) is 7. The number of piperidine rings is 1. The van der Waals surface area contributed by atoms with Gasteiger partial charge in [-0.3, -0.25) is 4.98 Å². The number of rotatable bonds is 2. The van der Waals surface area contributed by atoms with Gasteiger partial charge in [0.05, 0.1) is 0 Å². The van der Waals surface area contributed by atoms with Gasteiger partial charge in [0.1, 0.15) is 0 Å². The third-order valence-electron chi connectivity index (χ3n) is 4.65. The lowest BCUT2D eigenvalue weighted by atomic mass is 9.97. The van der Waals surface area contributed by atoms with E-state index in [2.05, 4.69) is 22.0 Å². The number of anilines is 1. The van der Waals surface area contributed by atoms with Gasteiger partial charge in [-0.2, -0.15) is 79.0 Å². The van der Waals surface area contributed by atoms with Gasteiger partial charge < -0.3 is 41.3 Å². The summed E-state index contributed by atoms with van der Waals surface area (Å²) in [5.41, 5.74) is 8.08. The number of carboxylic acids is 6. The first-order valence-electron chi connectivity index (χ1n) is 13.1. The van der Waals surface area contributed by atoms with E-state index in [1.54, 1.807) is 0 Å². The first-order chi connectivity index (χ1) is 25.0. The van der Waals surface area contributed by atoms with E-state index in [1.165, 1.54) is 18.5 Å². The Hall–Kier alpha value is -5.53. The fourth-order valence-electron chi connectivity index (χ4n) is 2.15. The number of pyridine rings is 1. The molecule has 334 valence electrons. The molecule has 33 heteroatoms. The molecule has 0 aromatic carbocycles. The van der Waals surface area contributed by atoms with E-state index < -0.39 is 72.9 Å². The normalized spacial score (nSPS) is 13.1. The smallest absolute Gasteiger partial charge is 0.475 e. The number of halogens is 18. The largest absolute Gasteiger partial charge is 0.490 e. The number of carboxylic acid groups (broad SMARTS) is 6. The summed E-state index contributed by atoms with van der Waals surface area (Å²) in [6.45, 7) is 5.13. The highest BCUT2D eigenvalue weighted by Gasteiger charge is 2.41. The van der Waals surface area contributed by atoms with Crippen LogP contribution in [0.5, 0.6) is 0 Å². The van der Waals surface area contributed by atoms with Crippen molar-refractivity contribution in [2.24, 2.45) is 11.7 Å². The van der Waals surface area contributed by atoms with Crippen LogP contribution in [0.15, 0.2) is 18.3 Å². The van der Waals surface area contributed by atoms with Gasteiger partial charge >= 0.3 is 72.9 Å². The average Bonchev–Trinajstić information content (AvgIpc) is 3.00. The first kappa shape index (κ1) is 60.7. The van der Waals surface area contributed by atoms with Gasteiger partial charge in [0, 0.05) is 30.7 Å². The number of aryl methyl sites for hydroxylation is 1. The molecule has 1 aliphatic heterocycles. The molecule has 0 spiro atoms. The molecule has 0 unspecified atom stereocenters. The minimum Gasteiger partial charge on any atom is -0.475 e. The highest BCUT2D eigenvalue weighted by molar-refractivity contribution is 5.74. The zero-order valence-electron chi connectivity index (χ0n) is 27.3. The molecule has 2 heterocycles. The van der Waals surface area contributed by atoms with Crippen LogP contribution in [0.2, 0.25) is 0 Å². The summed E-state index contributed by atoms with van der Waals surface area (Å²) in [4.78, 5) is 60.0. The quantitative estimate of drug-likeness (QED) is 0.184. The molecule has 0 aliphatic carbocycles. The van der Waals surface area contributed by atoms with Gasteiger partial charge in [-0.25, -0.2) is 28.8 Å². The summed E-state index contributed by atoms with van der Waals surface area (Å²) in [5, 5.41) is 42.8. The Balaban J connectivity index is -0.000000191. The molecule has 0 atom stereocenters. The minimum atomic E-state index is -5.08. The molecule has 1 aromatic rings. The molecule has 0 radical (unpaired) electrons. The molecule has 0 bridgehead atoms. The summed E-state index contributed by atoms with van der Waals surface area (Å²) >= 11 is 0. The third-order valence-corrected chi connectivity index (χ3v) is 4.65. The zero-order chi connectivity index (χ0) is 47.1. The fourth-order valence-corrected chi connectivity index (χ4v) is 2.15. The Bertz CT molecular complexity index is 1210. The molecule has 1 aliphatic rings. The van der Waals surface area contributed by atoms with Gasteiger partial charge in [0.15, 0.2) is 0 Å². The van der Waals surface area contributed by atoms with E-state index in [0.29, 0.717) is 0 Å². The standard InChI is InChI=1S/C12H19N3.6C2HF3O2/c1-10-8-12(2-5-14-10)15-6-3-11(9-13)4-7-15;6*3-2(4,5)1(6)7/h2,5,8,11H,3-4,6-7,9,13H2,1H3;6*(H,6,7). The number of nitrogens with zero attached hydrogens (tertiary/aromatic N) is 2. The van der Waals surface area contributed by atoms with Gasteiger partial charge in [-0.05, 0) is 44.4 Å². The second kappa shape index (κ2) is 25.6. The van der Waals surface area contributed by atoms with Crippen LogP contribution in [0, 0.1) is 12.8 Å². The molecule has 1 saturated heterocycles. The van der Waals surface area contributed by atoms with E-state index >= 15 is 0 Å². The van der Waals surface area contributed by atoms with Crippen LogP contribution < -0.4 is 10.6 Å². The molecular formula is C24H25F18N3O12. The van der Waals surface area contributed by atoms with Crippen LogP contribution in [-0.2, 0) is 28.8 Å². The summed E-state index contributed by atoms with van der Waals surface area (Å²) in [7, 11) is 0. The molecule has 57 heavy (non-hydrogen) atoms. The minimum absolute atomic E-state index is 0.726. The zero-order valence-corrected chi connectivity index (χ0v) is 27.3. The van der Waals surface area contributed by atoms with Crippen molar-refractivity contribution in [1.29, 1.82) is 0 Å². The summed E-state index contributed by atoms with van der Waals surface area (Å²) in [5.74, 6) is -15.8. The maximum atomic E-state index is 10.6. The van der Waals surface area contributed by atoms with E-state index in [4.69, 9.17) is 65.1 Å². The predicted molar refractivity (Wildman–Crippen MR) is 145 cm³/mol. The molecule has 2 rings (SSSR count). The van der Waals surface area contributed by atoms with Gasteiger partial charge in [0.25, 0.3) is 0 Å². The second-order valence-corrected chi connectivity index (χ2v) is 9.14. The van der Waals surface area contributed by atoms with Crippen LogP contribution in [0.3, 0.4) is 0 Å². The Morgan fingerprint density at radius 2 is 0.772 bits per heavy atom. The first-order valence-corrected chi connectivity index (χ1v) is 13.1.